The number of aromatic nitrogens is 10. The largest absolute Gasteiger partial charge is 0.487 e. The maximum atomic E-state index is 13.7. The molecule has 4 saturated carbocycles. The molecular weight excluding hydrogens is 1480 g/mol. The van der Waals surface area contributed by atoms with E-state index in [0.717, 1.165) is 105 Å². The quantitative estimate of drug-likeness (QED) is 0.0480. The van der Waals surface area contributed by atoms with Gasteiger partial charge in [-0.05, 0) is 174 Å². The van der Waals surface area contributed by atoms with Gasteiger partial charge in [-0.1, -0.05) is 24.3 Å². The third-order valence-corrected chi connectivity index (χ3v) is 23.2. The van der Waals surface area contributed by atoms with Gasteiger partial charge >= 0.3 is 0 Å². The van der Waals surface area contributed by atoms with Crippen LogP contribution in [0.2, 0.25) is 0 Å². The second-order valence-electron chi connectivity index (χ2n) is 30.9. The van der Waals surface area contributed by atoms with Gasteiger partial charge in [0.2, 0.25) is 0 Å². The fraction of sp³-hybridized carbons (Fsp3) is 0.388. The van der Waals surface area contributed by atoms with Gasteiger partial charge in [0.1, 0.15) is 143 Å². The van der Waals surface area contributed by atoms with Crippen molar-refractivity contribution in [1.82, 2.24) is 63.3 Å². The number of fused-ring (bicyclic) bond motifs is 6. The molecule has 4 aromatic carbocycles. The summed E-state index contributed by atoms with van der Waals surface area (Å²) in [5, 5.41) is 92.0. The minimum absolute atomic E-state index is 0.0568. The summed E-state index contributed by atoms with van der Waals surface area (Å²) in [7, 11) is 5.90. The normalized spacial score (nSPS) is 25.7. The third-order valence-electron chi connectivity index (χ3n) is 23.2. The van der Waals surface area contributed by atoms with Crippen LogP contribution in [0.5, 0.6) is 23.0 Å². The number of hydrogen-bond acceptors (Lipinski definition) is 22. The number of ether oxygens (including phenoxy) is 4. The average Bonchev–Trinajstić information content (AvgIpc) is 1.64. The van der Waals surface area contributed by atoms with Gasteiger partial charge in [-0.25, -0.2) is 38.7 Å². The molecule has 115 heavy (non-hydrogen) atoms. The first-order valence-corrected chi connectivity index (χ1v) is 38.5. The zero-order chi connectivity index (χ0) is 80.9. The molecular formula is C85H94F2N14O14. The van der Waals surface area contributed by atoms with Crippen molar-refractivity contribution in [3.63, 3.8) is 0 Å². The molecule has 10 heterocycles. The number of benzene rings is 4. The first-order valence-electron chi connectivity index (χ1n) is 38.5. The zero-order valence-corrected chi connectivity index (χ0v) is 64.5. The van der Waals surface area contributed by atoms with E-state index in [-0.39, 0.29) is 47.6 Å². The highest BCUT2D eigenvalue weighted by atomic mass is 19.1. The molecule has 2 aliphatic heterocycles. The molecule has 0 spiro atoms. The molecule has 0 saturated heterocycles. The predicted molar refractivity (Wildman–Crippen MR) is 421 cm³/mol. The Bertz CT molecular complexity index is 5560. The van der Waals surface area contributed by atoms with Crippen molar-refractivity contribution in [3.8, 4) is 23.0 Å². The number of nitrogens with one attached hydrogen (secondary N) is 1. The van der Waals surface area contributed by atoms with E-state index < -0.39 is 91.0 Å². The molecule has 602 valence electrons. The maximum Gasteiger partial charge on any atom is 0.255 e. The van der Waals surface area contributed by atoms with Crippen LogP contribution in [0, 0.1) is 39.3 Å². The molecule has 28 nitrogen and oxygen atoms in total. The van der Waals surface area contributed by atoms with Gasteiger partial charge in [0.15, 0.2) is 0 Å². The van der Waals surface area contributed by atoms with Crippen LogP contribution in [-0.2, 0) is 25.9 Å². The van der Waals surface area contributed by atoms with Gasteiger partial charge in [0.05, 0.1) is 46.7 Å². The molecule has 16 atom stereocenters. The second kappa shape index (κ2) is 33.1. The van der Waals surface area contributed by atoms with Crippen molar-refractivity contribution in [1.29, 1.82) is 0 Å². The van der Waals surface area contributed by atoms with Gasteiger partial charge < -0.3 is 98.9 Å². The van der Waals surface area contributed by atoms with E-state index in [4.69, 9.17) is 24.7 Å². The van der Waals surface area contributed by atoms with E-state index in [9.17, 15) is 59.2 Å². The molecule has 18 rings (SSSR count). The van der Waals surface area contributed by atoms with Gasteiger partial charge in [0, 0.05) is 116 Å². The Labute approximate surface area is 660 Å². The SMILES string of the molecule is Cc1ccnc2c1ccn2[C@@H]1C[C@H](Oc2cccc3c2C(=O)NCC3)[C@@H](O)[C@H]1O.Cc1ccnc2c1ccn2[C@@H]1C[C@H](Oc2cccc3c2CCN(C)C3)[C@@H](O)[C@H]1O.Cc1ncnc2c1ccn2[C@@H]1C[C@H](Oc2ccc(F)cc2C(N)=O)[C@@H](O)[C@H]1O.Cc1ncnc2c1ccn2[C@@H]1C[C@H](Oc2ccc(F)cc2CN(C)C)[C@@H](O)[C@H]1O. The summed E-state index contributed by atoms with van der Waals surface area (Å²) in [6.45, 7) is 10.8. The Kier molecular flexibility index (Phi) is 22.9. The average molecular weight is 1570 g/mol. The van der Waals surface area contributed by atoms with Crippen LogP contribution in [0.4, 0.5) is 8.78 Å². The van der Waals surface area contributed by atoms with Crippen LogP contribution in [0.25, 0.3) is 44.1 Å². The number of carbonyl (C=O) groups excluding carboxylic acids is 2. The van der Waals surface area contributed by atoms with Crippen molar-refractivity contribution >= 4 is 55.9 Å². The van der Waals surface area contributed by atoms with Crippen LogP contribution in [-0.4, -0.2) is 218 Å². The highest BCUT2D eigenvalue weighted by Crippen LogP contribution is 2.43. The van der Waals surface area contributed by atoms with E-state index >= 15 is 0 Å². The van der Waals surface area contributed by atoms with E-state index in [0.29, 0.717) is 66.3 Å². The number of rotatable bonds is 15. The predicted octanol–water partition coefficient (Wildman–Crippen LogP) is 7.34. The Morgan fingerprint density at radius 2 is 0.930 bits per heavy atom. The van der Waals surface area contributed by atoms with Crippen molar-refractivity contribution in [2.75, 3.05) is 34.2 Å². The second-order valence-corrected chi connectivity index (χ2v) is 30.9. The first-order chi connectivity index (χ1) is 55.3. The number of hydrogen-bond donors (Lipinski definition) is 10. The fourth-order valence-electron chi connectivity index (χ4n) is 17.0. The number of aliphatic hydroxyl groups is 8. The molecule has 0 radical (unpaired) electrons. The minimum Gasteiger partial charge on any atom is -0.487 e. The first kappa shape index (κ1) is 79.3. The third kappa shape index (κ3) is 15.8. The number of halogens is 2. The molecule has 4 fully saturated rings. The summed E-state index contributed by atoms with van der Waals surface area (Å²) < 4.78 is 58.8. The van der Waals surface area contributed by atoms with Gasteiger partial charge in [-0.2, -0.15) is 0 Å². The van der Waals surface area contributed by atoms with Crippen molar-refractivity contribution < 1.29 is 78.2 Å². The van der Waals surface area contributed by atoms with E-state index in [1.165, 1.54) is 42.0 Å². The molecule has 12 aromatic rings. The van der Waals surface area contributed by atoms with Crippen LogP contribution in [0.3, 0.4) is 0 Å². The monoisotopic (exact) mass is 1570 g/mol. The molecule has 30 heteroatoms. The lowest BCUT2D eigenvalue weighted by atomic mass is 9.99. The number of nitrogens with zero attached hydrogens (tertiary/aromatic N) is 12. The molecule has 6 aliphatic rings. The molecule has 0 bridgehead atoms. The fourth-order valence-corrected chi connectivity index (χ4v) is 17.0. The molecule has 11 N–H and O–H groups in total. The number of aryl methyl sites for hydroxylation is 4. The number of aliphatic hydroxyl groups excluding tert-OH is 8. The Morgan fingerprint density at radius 3 is 1.42 bits per heavy atom. The highest BCUT2D eigenvalue weighted by molar-refractivity contribution is 5.99. The topological polar surface area (TPSA) is 374 Å². The number of likely N-dealkylation sites (N-methyl/N-ethyl adjacent to an activating group) is 1. The lowest BCUT2D eigenvalue weighted by Gasteiger charge is -2.28. The molecule has 8 aromatic heterocycles. The summed E-state index contributed by atoms with van der Waals surface area (Å²) in [5.41, 5.74) is 16.7. The standard InChI is InChI=1S/C23H27N3O3.C22H23N3O4.C21H25FN4O3.C19H19FN4O4/c1-14-6-9-24-23-16(14)8-11-26(23)18-12-20(22(28)21(18)27)29-19-5-3-4-15-13-25(2)10-7-17(15)19;1-12-5-8-23-21-14(12)7-10-25(21)15-11-17(20(27)19(15)26)29-16-4-2-3-13-6-9-24-22(28)18(13)16;1-12-15-6-7-26(21(15)24-11-23-12)16-9-18(20(28)19(16)27)29-17-5-4-14(22)8-13(17)10-25(2)3;1-9-11-4-5-24(19(11)23-8-22-9)13-7-15(17(26)16(13)25)28-14-3-2-10(20)6-12(14)18(21)27/h3-6,8-9,11,18,20-22,27-28H,7,10,12-13H2,1-2H3;2-5,7-8,10,15,17,19-20,26-27H,6,9,11H2,1H3,(H,24,28);4-8,11,16,18-20,27-28H,9-10H2,1-3H3;2-6,8,13,15-17,25-26H,7H2,1H3,(H2,21,27)/t18-,20+,21+,22-;15-,17+,19+,20-;16-,18+,19+,20-;13-,15+,16+,17-/m1111/s1. The maximum absolute atomic E-state index is 13.7. The van der Waals surface area contributed by atoms with Crippen molar-refractivity contribution in [3.05, 3.63) is 227 Å². The van der Waals surface area contributed by atoms with E-state index in [1.807, 2.05) is 133 Å². The van der Waals surface area contributed by atoms with E-state index in [1.54, 1.807) is 35.3 Å². The van der Waals surface area contributed by atoms with Crippen LogP contribution in [0.1, 0.15) is 115 Å². The number of amides is 2. The number of nitrogens with two attached hydrogens (primary N) is 1. The smallest absolute Gasteiger partial charge is 0.255 e. The zero-order valence-electron chi connectivity index (χ0n) is 64.5. The summed E-state index contributed by atoms with van der Waals surface area (Å²) in [6.07, 6.45) is 6.39. The Hall–Kier alpha value is -10.9. The molecule has 0 unspecified atom stereocenters. The van der Waals surface area contributed by atoms with Gasteiger partial charge in [0.25, 0.3) is 11.8 Å². The lowest BCUT2D eigenvalue weighted by Crippen LogP contribution is -2.36. The van der Waals surface area contributed by atoms with Gasteiger partial charge in [-0.15, -0.1) is 0 Å². The minimum atomic E-state index is -1.21. The van der Waals surface area contributed by atoms with Crippen molar-refractivity contribution in [2.45, 2.75) is 177 Å². The number of primary amides is 1. The number of pyridine rings is 2. The summed E-state index contributed by atoms with van der Waals surface area (Å²) >= 11 is 0. The number of carbonyl (C=O) groups is 2. The summed E-state index contributed by atoms with van der Waals surface area (Å²) in [4.78, 5) is 54.0. The Balaban J connectivity index is 0.000000121. The highest BCUT2D eigenvalue weighted by Gasteiger charge is 2.49. The lowest BCUT2D eigenvalue weighted by molar-refractivity contribution is -0.0167. The van der Waals surface area contributed by atoms with Crippen molar-refractivity contribution in [2.24, 2.45) is 5.73 Å². The summed E-state index contributed by atoms with van der Waals surface area (Å²) in [5.74, 6) is -0.131. The van der Waals surface area contributed by atoms with E-state index in [2.05, 4.69) is 60.2 Å². The molecule has 4 aliphatic carbocycles. The molecule has 2 amide bonds. The Morgan fingerprint density at radius 1 is 0.504 bits per heavy atom. The van der Waals surface area contributed by atoms with Crippen LogP contribution in [0.15, 0.2) is 159 Å². The van der Waals surface area contributed by atoms with Crippen LogP contribution < -0.4 is 30.0 Å². The summed E-state index contributed by atoms with van der Waals surface area (Å²) in [6, 6.07) is 29.5. The van der Waals surface area contributed by atoms with Crippen LogP contribution >= 0.6 is 0 Å². The van der Waals surface area contributed by atoms with Gasteiger partial charge in [-0.3, -0.25) is 9.59 Å².